The highest BCUT2D eigenvalue weighted by molar-refractivity contribution is 14.0. The number of hydrogen-bond acceptors (Lipinski definition) is 6. The number of nitrogens with zero attached hydrogens (tertiary/aromatic N) is 3. The Morgan fingerprint density at radius 2 is 1.97 bits per heavy atom. The molecule has 2 N–H and O–H groups in total. The Labute approximate surface area is 200 Å². The molecule has 4 rings (SSSR count). The van der Waals surface area contributed by atoms with Gasteiger partial charge in [-0.3, -0.25) is 0 Å². The van der Waals surface area contributed by atoms with Crippen molar-refractivity contribution in [3.8, 4) is 11.5 Å². The second-order valence-corrected chi connectivity index (χ2v) is 7.15. The number of fused-ring (bicyclic) bond motifs is 1. The number of nitrogens with one attached hydrogen (secondary N) is 2. The van der Waals surface area contributed by atoms with E-state index in [0.717, 1.165) is 74.7 Å². The maximum Gasteiger partial charge on any atom is 0.231 e. The normalized spacial score (nSPS) is 15.4. The molecule has 0 bridgehead atoms. The van der Waals surface area contributed by atoms with Crippen LogP contribution in [-0.2, 0) is 17.7 Å². The maximum absolute atomic E-state index is 5.46. The van der Waals surface area contributed by atoms with E-state index in [2.05, 4.69) is 39.6 Å². The molecule has 3 heterocycles. The van der Waals surface area contributed by atoms with Gasteiger partial charge in [0.15, 0.2) is 17.5 Å². The average Bonchev–Trinajstić information content (AvgIpc) is 3.26. The molecule has 1 saturated heterocycles. The van der Waals surface area contributed by atoms with Gasteiger partial charge < -0.3 is 29.7 Å². The van der Waals surface area contributed by atoms with Crippen molar-refractivity contribution in [3.05, 3.63) is 47.7 Å². The monoisotopic (exact) mass is 539 g/mol. The zero-order valence-corrected chi connectivity index (χ0v) is 20.1. The van der Waals surface area contributed by atoms with Crippen molar-refractivity contribution >= 4 is 35.8 Å². The Morgan fingerprint density at radius 1 is 1.13 bits per heavy atom. The minimum atomic E-state index is 0. The van der Waals surface area contributed by atoms with Gasteiger partial charge in [0.05, 0.1) is 19.8 Å². The summed E-state index contributed by atoms with van der Waals surface area (Å²) in [4.78, 5) is 11.6. The van der Waals surface area contributed by atoms with Crippen molar-refractivity contribution in [1.29, 1.82) is 0 Å². The number of rotatable bonds is 7. The number of hydrogen-bond donors (Lipinski definition) is 2. The van der Waals surface area contributed by atoms with Crippen LogP contribution in [0, 0.1) is 0 Å². The molecule has 2 aliphatic rings. The highest BCUT2D eigenvalue weighted by atomic mass is 127. The van der Waals surface area contributed by atoms with E-state index in [9.17, 15) is 0 Å². The van der Waals surface area contributed by atoms with Crippen LogP contribution in [0.15, 0.2) is 41.5 Å². The van der Waals surface area contributed by atoms with Crippen LogP contribution in [0.25, 0.3) is 0 Å². The van der Waals surface area contributed by atoms with E-state index in [0.29, 0.717) is 13.3 Å². The van der Waals surface area contributed by atoms with Gasteiger partial charge in [-0.2, -0.15) is 0 Å². The summed E-state index contributed by atoms with van der Waals surface area (Å²) in [6, 6.07) is 10.1. The molecule has 0 atom stereocenters. The van der Waals surface area contributed by atoms with Crippen molar-refractivity contribution in [2.45, 2.75) is 19.9 Å². The molecule has 1 aromatic heterocycles. The van der Waals surface area contributed by atoms with Crippen molar-refractivity contribution in [2.24, 2.45) is 4.99 Å². The molecule has 1 fully saturated rings. The number of morpholine rings is 1. The summed E-state index contributed by atoms with van der Waals surface area (Å²) >= 11 is 0. The van der Waals surface area contributed by atoms with Gasteiger partial charge >= 0.3 is 0 Å². The summed E-state index contributed by atoms with van der Waals surface area (Å²) in [5.41, 5.74) is 2.32. The van der Waals surface area contributed by atoms with Crippen LogP contribution in [0.2, 0.25) is 0 Å². The van der Waals surface area contributed by atoms with Gasteiger partial charge in [-0.05, 0) is 37.1 Å². The first-order valence-corrected chi connectivity index (χ1v) is 10.5. The molecule has 8 nitrogen and oxygen atoms in total. The first-order valence-electron chi connectivity index (χ1n) is 10.5. The molecule has 2 aromatic rings. The van der Waals surface area contributed by atoms with Gasteiger partial charge in [-0.1, -0.05) is 12.1 Å². The van der Waals surface area contributed by atoms with Crippen LogP contribution in [0.3, 0.4) is 0 Å². The molecule has 0 saturated carbocycles. The lowest BCUT2D eigenvalue weighted by Crippen LogP contribution is -2.38. The summed E-state index contributed by atoms with van der Waals surface area (Å²) in [7, 11) is 0. The molecule has 1 aromatic carbocycles. The van der Waals surface area contributed by atoms with Gasteiger partial charge in [0.2, 0.25) is 6.79 Å². The van der Waals surface area contributed by atoms with Crippen molar-refractivity contribution in [2.75, 3.05) is 51.1 Å². The van der Waals surface area contributed by atoms with E-state index in [4.69, 9.17) is 19.2 Å². The minimum absolute atomic E-state index is 0. The Hall–Kier alpha value is -2.27. The molecule has 2 aliphatic heterocycles. The van der Waals surface area contributed by atoms with E-state index in [-0.39, 0.29) is 24.0 Å². The molecule has 0 unspecified atom stereocenters. The van der Waals surface area contributed by atoms with Gasteiger partial charge in [0, 0.05) is 37.9 Å². The number of ether oxygens (including phenoxy) is 3. The second-order valence-electron chi connectivity index (χ2n) is 7.15. The minimum Gasteiger partial charge on any atom is -0.454 e. The Morgan fingerprint density at radius 3 is 2.81 bits per heavy atom. The predicted octanol–water partition coefficient (Wildman–Crippen LogP) is 2.56. The fourth-order valence-electron chi connectivity index (χ4n) is 3.54. The molecule has 168 valence electrons. The van der Waals surface area contributed by atoms with Gasteiger partial charge in [-0.25, -0.2) is 9.98 Å². The second kappa shape index (κ2) is 11.9. The van der Waals surface area contributed by atoms with Crippen molar-refractivity contribution in [1.82, 2.24) is 15.6 Å². The summed E-state index contributed by atoms with van der Waals surface area (Å²) in [6.07, 6.45) is 2.71. The van der Waals surface area contributed by atoms with Crippen LogP contribution >= 0.6 is 24.0 Å². The number of guanidine groups is 1. The third-order valence-electron chi connectivity index (χ3n) is 5.07. The standard InChI is InChI=1S/C22H29N5O3.HI/c1-2-23-22(25-9-7-17-5-6-19-20(14-17)30-16-29-19)26-15-18-4-3-8-24-21(18)27-10-12-28-13-11-27;/h3-6,8,14H,2,7,9-13,15-16H2,1H3,(H2,23,25,26);1H. The third kappa shape index (κ3) is 6.36. The lowest BCUT2D eigenvalue weighted by atomic mass is 10.1. The van der Waals surface area contributed by atoms with Crippen LogP contribution in [0.4, 0.5) is 5.82 Å². The average molecular weight is 539 g/mol. The highest BCUT2D eigenvalue weighted by Crippen LogP contribution is 2.32. The largest absolute Gasteiger partial charge is 0.454 e. The molecular weight excluding hydrogens is 509 g/mol. The van der Waals surface area contributed by atoms with E-state index in [1.54, 1.807) is 0 Å². The summed E-state index contributed by atoms with van der Waals surface area (Å²) in [6.45, 7) is 7.72. The lowest BCUT2D eigenvalue weighted by molar-refractivity contribution is 0.122. The van der Waals surface area contributed by atoms with E-state index in [1.807, 2.05) is 24.4 Å². The zero-order chi connectivity index (χ0) is 20.6. The number of anilines is 1. The smallest absolute Gasteiger partial charge is 0.231 e. The van der Waals surface area contributed by atoms with Gasteiger partial charge in [-0.15, -0.1) is 24.0 Å². The van der Waals surface area contributed by atoms with Crippen LogP contribution in [-0.4, -0.2) is 57.1 Å². The Balaban J connectivity index is 0.00000272. The molecular formula is C22H30IN5O3. The fraction of sp³-hybridized carbons (Fsp3) is 0.455. The number of aliphatic imine (C=N–C) groups is 1. The summed E-state index contributed by atoms with van der Waals surface area (Å²) in [5, 5.41) is 6.74. The molecule has 9 heteroatoms. The quantitative estimate of drug-likeness (QED) is 0.318. The molecule has 0 aliphatic carbocycles. The molecule has 0 spiro atoms. The van der Waals surface area contributed by atoms with E-state index >= 15 is 0 Å². The fourth-order valence-corrected chi connectivity index (χ4v) is 3.54. The van der Waals surface area contributed by atoms with Crippen molar-refractivity contribution < 1.29 is 14.2 Å². The lowest BCUT2D eigenvalue weighted by Gasteiger charge is -2.29. The molecule has 31 heavy (non-hydrogen) atoms. The van der Waals surface area contributed by atoms with Crippen LogP contribution in [0.5, 0.6) is 11.5 Å². The van der Waals surface area contributed by atoms with E-state index in [1.165, 1.54) is 5.56 Å². The van der Waals surface area contributed by atoms with Crippen molar-refractivity contribution in [3.63, 3.8) is 0 Å². The highest BCUT2D eigenvalue weighted by Gasteiger charge is 2.16. The summed E-state index contributed by atoms with van der Waals surface area (Å²) in [5.74, 6) is 3.44. The SMILES string of the molecule is CCNC(=NCc1cccnc1N1CCOCC1)NCCc1ccc2c(c1)OCO2.I. The third-order valence-corrected chi connectivity index (χ3v) is 5.07. The van der Waals surface area contributed by atoms with E-state index < -0.39 is 0 Å². The number of aromatic nitrogens is 1. The number of benzene rings is 1. The first-order chi connectivity index (χ1) is 14.8. The predicted molar refractivity (Wildman–Crippen MR) is 132 cm³/mol. The Kier molecular flexibility index (Phi) is 9.01. The first kappa shape index (κ1) is 23.4. The zero-order valence-electron chi connectivity index (χ0n) is 17.8. The van der Waals surface area contributed by atoms with Gasteiger partial charge in [0.25, 0.3) is 0 Å². The molecule has 0 amide bonds. The molecule has 0 radical (unpaired) electrons. The van der Waals surface area contributed by atoms with Gasteiger partial charge in [0.1, 0.15) is 5.82 Å². The number of pyridine rings is 1. The van der Waals surface area contributed by atoms with Crippen LogP contribution in [0.1, 0.15) is 18.1 Å². The van der Waals surface area contributed by atoms with Crippen LogP contribution < -0.4 is 25.0 Å². The summed E-state index contributed by atoms with van der Waals surface area (Å²) < 4.78 is 16.3. The Bertz CT molecular complexity index is 874. The maximum atomic E-state index is 5.46. The number of halogens is 1. The topological polar surface area (TPSA) is 80.2 Å².